The highest BCUT2D eigenvalue weighted by molar-refractivity contribution is 7.80. The largest absolute Gasteiger partial charge is 0.485 e. The highest BCUT2D eigenvalue weighted by atomic mass is 32.1. The topological polar surface area (TPSA) is 46.6 Å². The van der Waals surface area contributed by atoms with Crippen molar-refractivity contribution in [1.29, 1.82) is 0 Å². The van der Waals surface area contributed by atoms with Crippen molar-refractivity contribution in [3.05, 3.63) is 35.4 Å². The number of benzene rings is 1. The monoisotopic (exact) mass is 443 g/mol. The predicted octanol–water partition coefficient (Wildman–Crippen LogP) is 4.98. The lowest BCUT2D eigenvalue weighted by molar-refractivity contribution is -0.149. The smallest absolute Gasteiger partial charge is 0.416 e. The average molecular weight is 444 g/mol. The van der Waals surface area contributed by atoms with Gasteiger partial charge in [-0.2, -0.15) is 13.2 Å². The summed E-state index contributed by atoms with van der Waals surface area (Å²) in [6, 6.07) is 4.66. The highest BCUT2D eigenvalue weighted by Crippen LogP contribution is 2.29. The third-order valence-electron chi connectivity index (χ3n) is 5.61. The van der Waals surface area contributed by atoms with Crippen LogP contribution in [0.2, 0.25) is 0 Å². The van der Waals surface area contributed by atoms with Gasteiger partial charge in [0.05, 0.1) is 12.2 Å². The number of nitrogens with zero attached hydrogens (tertiary/aromatic N) is 1. The molecule has 8 heteroatoms. The lowest BCUT2D eigenvalue weighted by Gasteiger charge is -2.28. The Hall–Kier alpha value is -1.96. The number of hydrogen-bond acceptors (Lipinski definition) is 4. The SMILES string of the molecule is CCC(C)(C)C(=O)C(=O)N1CCC[C@H]1C(=S)OCCCc1ccc(C(F)(F)F)cc1. The van der Waals surface area contributed by atoms with Crippen LogP contribution in [0, 0.1) is 5.41 Å². The van der Waals surface area contributed by atoms with E-state index in [0.29, 0.717) is 38.8 Å². The van der Waals surface area contributed by atoms with Crippen LogP contribution in [-0.2, 0) is 26.9 Å². The van der Waals surface area contributed by atoms with Gasteiger partial charge in [0.1, 0.15) is 6.04 Å². The van der Waals surface area contributed by atoms with Crippen LogP contribution in [0.5, 0.6) is 0 Å². The number of ketones is 1. The van der Waals surface area contributed by atoms with E-state index in [1.54, 1.807) is 13.8 Å². The maximum Gasteiger partial charge on any atom is 0.416 e. The fourth-order valence-corrected chi connectivity index (χ4v) is 3.57. The molecule has 1 aliphatic rings. The first kappa shape index (κ1) is 24.3. The zero-order valence-corrected chi connectivity index (χ0v) is 18.4. The van der Waals surface area contributed by atoms with Gasteiger partial charge in [0.15, 0.2) is 5.05 Å². The number of likely N-dealkylation sites (tertiary alicyclic amines) is 1. The normalized spacial score (nSPS) is 17.1. The van der Waals surface area contributed by atoms with Gasteiger partial charge >= 0.3 is 6.18 Å². The van der Waals surface area contributed by atoms with E-state index in [4.69, 9.17) is 17.0 Å². The van der Waals surface area contributed by atoms with Crippen LogP contribution >= 0.6 is 12.2 Å². The summed E-state index contributed by atoms with van der Waals surface area (Å²) < 4.78 is 43.5. The minimum Gasteiger partial charge on any atom is -0.485 e. The number of amides is 1. The maximum absolute atomic E-state index is 12.7. The molecule has 0 bridgehead atoms. The zero-order valence-electron chi connectivity index (χ0n) is 17.6. The van der Waals surface area contributed by atoms with E-state index in [-0.39, 0.29) is 5.05 Å². The molecule has 1 aromatic carbocycles. The molecule has 1 heterocycles. The molecule has 4 nitrogen and oxygen atoms in total. The standard InChI is InChI=1S/C22H28F3NO3S/c1-4-21(2,3)18(27)19(28)26-13-5-8-17(26)20(30)29-14-6-7-15-9-11-16(12-10-15)22(23,24)25/h9-12,17H,4-8,13-14H2,1-3H3/t17-/m0/s1. The van der Waals surface area contributed by atoms with Crippen molar-refractivity contribution < 1.29 is 27.5 Å². The van der Waals surface area contributed by atoms with E-state index in [0.717, 1.165) is 24.1 Å². The number of thiocarbonyl (C=S) groups is 1. The molecule has 30 heavy (non-hydrogen) atoms. The molecule has 1 amide bonds. The second-order valence-electron chi connectivity index (χ2n) is 8.19. The number of rotatable bonds is 8. The molecule has 0 spiro atoms. The van der Waals surface area contributed by atoms with E-state index < -0.39 is 34.9 Å². The minimum atomic E-state index is -4.34. The Balaban J connectivity index is 1.84. The summed E-state index contributed by atoms with van der Waals surface area (Å²) >= 11 is 5.35. The van der Waals surface area contributed by atoms with Crippen molar-refractivity contribution in [1.82, 2.24) is 4.90 Å². The summed E-state index contributed by atoms with van der Waals surface area (Å²) in [7, 11) is 0. The third kappa shape index (κ3) is 6.03. The van der Waals surface area contributed by atoms with E-state index >= 15 is 0 Å². The van der Waals surface area contributed by atoms with Crippen molar-refractivity contribution in [3.8, 4) is 0 Å². The predicted molar refractivity (Wildman–Crippen MR) is 112 cm³/mol. The van der Waals surface area contributed by atoms with Crippen LogP contribution in [0.3, 0.4) is 0 Å². The lowest BCUT2D eigenvalue weighted by Crippen LogP contribution is -2.47. The molecule has 0 unspecified atom stereocenters. The maximum atomic E-state index is 12.7. The van der Waals surface area contributed by atoms with Gasteiger partial charge in [-0.1, -0.05) is 32.9 Å². The van der Waals surface area contributed by atoms with Crippen LogP contribution in [0.1, 0.15) is 57.6 Å². The molecule has 0 aliphatic carbocycles. The number of halogens is 3. The Morgan fingerprint density at radius 2 is 1.83 bits per heavy atom. The number of alkyl halides is 3. The van der Waals surface area contributed by atoms with E-state index in [9.17, 15) is 22.8 Å². The minimum absolute atomic E-state index is 0.287. The number of Topliss-reactive ketones (excluding diaryl/α,β-unsaturated/α-hetero) is 1. The molecule has 166 valence electrons. The molecular weight excluding hydrogens is 415 g/mol. The summed E-state index contributed by atoms with van der Waals surface area (Å²) in [5.41, 5.74) is -0.605. The van der Waals surface area contributed by atoms with Crippen molar-refractivity contribution in [2.45, 2.75) is 65.1 Å². The van der Waals surface area contributed by atoms with Gasteiger partial charge in [-0.05, 0) is 62.0 Å². The molecule has 0 saturated carbocycles. The Morgan fingerprint density at radius 3 is 2.40 bits per heavy atom. The summed E-state index contributed by atoms with van der Waals surface area (Å²) in [6.45, 7) is 6.16. The molecule has 1 aromatic rings. The summed E-state index contributed by atoms with van der Waals surface area (Å²) in [5.74, 6) is -0.929. The van der Waals surface area contributed by atoms with Gasteiger partial charge in [0.2, 0.25) is 5.78 Å². The molecule has 2 rings (SSSR count). The second kappa shape index (κ2) is 9.90. The fourth-order valence-electron chi connectivity index (χ4n) is 3.24. The number of hydrogen-bond donors (Lipinski definition) is 0. The molecule has 0 aromatic heterocycles. The lowest BCUT2D eigenvalue weighted by atomic mass is 9.84. The van der Waals surface area contributed by atoms with Gasteiger partial charge in [-0.3, -0.25) is 9.59 Å². The molecule has 0 N–H and O–H groups in total. The number of carbonyl (C=O) groups excluding carboxylic acids is 2. The Bertz CT molecular complexity index is 775. The summed E-state index contributed by atoms with van der Waals surface area (Å²) in [5, 5.41) is 0.287. The zero-order chi connectivity index (χ0) is 22.5. The van der Waals surface area contributed by atoms with Crippen molar-refractivity contribution in [3.63, 3.8) is 0 Å². The highest BCUT2D eigenvalue weighted by Gasteiger charge is 2.40. The van der Waals surface area contributed by atoms with Gasteiger partial charge in [-0.15, -0.1) is 0 Å². The number of ether oxygens (including phenoxy) is 1. The molecular formula is C22H28F3NO3S. The first-order valence-electron chi connectivity index (χ1n) is 10.2. The van der Waals surface area contributed by atoms with Crippen molar-refractivity contribution in [2.24, 2.45) is 5.41 Å². The van der Waals surface area contributed by atoms with Crippen LogP contribution in [0.4, 0.5) is 13.2 Å². The summed E-state index contributed by atoms with van der Waals surface area (Å²) in [6.07, 6.45) is -1.23. The molecule has 1 saturated heterocycles. The van der Waals surface area contributed by atoms with Gasteiger partial charge in [0.25, 0.3) is 5.91 Å². The van der Waals surface area contributed by atoms with Crippen molar-refractivity contribution in [2.75, 3.05) is 13.2 Å². The Kier molecular flexibility index (Phi) is 8.02. The van der Waals surface area contributed by atoms with E-state index in [1.165, 1.54) is 17.0 Å². The first-order valence-corrected chi connectivity index (χ1v) is 10.6. The Labute approximate surface area is 180 Å². The average Bonchev–Trinajstić information content (AvgIpc) is 3.19. The van der Waals surface area contributed by atoms with Crippen LogP contribution in [0.15, 0.2) is 24.3 Å². The molecule has 1 atom stereocenters. The Morgan fingerprint density at radius 1 is 1.20 bits per heavy atom. The number of carbonyl (C=O) groups is 2. The fraction of sp³-hybridized carbons (Fsp3) is 0.591. The molecule has 1 fully saturated rings. The van der Waals surface area contributed by atoms with E-state index in [1.807, 2.05) is 6.92 Å². The van der Waals surface area contributed by atoms with Crippen LogP contribution in [-0.4, -0.2) is 40.8 Å². The summed E-state index contributed by atoms with van der Waals surface area (Å²) in [4.78, 5) is 26.7. The second-order valence-corrected chi connectivity index (χ2v) is 8.59. The van der Waals surface area contributed by atoms with Gasteiger partial charge in [-0.25, -0.2) is 0 Å². The van der Waals surface area contributed by atoms with Crippen LogP contribution < -0.4 is 0 Å². The van der Waals surface area contributed by atoms with E-state index in [2.05, 4.69) is 0 Å². The quantitative estimate of drug-likeness (QED) is 0.323. The number of aryl methyl sites for hydroxylation is 1. The van der Waals surface area contributed by atoms with Crippen LogP contribution in [0.25, 0.3) is 0 Å². The molecule has 0 radical (unpaired) electrons. The van der Waals surface area contributed by atoms with Crippen molar-refractivity contribution >= 4 is 29.0 Å². The first-order chi connectivity index (χ1) is 14.0. The van der Waals surface area contributed by atoms with Gasteiger partial charge in [0, 0.05) is 12.0 Å². The molecule has 1 aliphatic heterocycles. The third-order valence-corrected chi connectivity index (χ3v) is 6.00. The van der Waals surface area contributed by atoms with Gasteiger partial charge < -0.3 is 9.64 Å².